The van der Waals surface area contributed by atoms with Crippen molar-refractivity contribution in [2.24, 2.45) is 0 Å². The van der Waals surface area contributed by atoms with E-state index in [1.54, 1.807) is 0 Å². The zero-order valence-electron chi connectivity index (χ0n) is 19.9. The highest BCUT2D eigenvalue weighted by Crippen LogP contribution is 2.32. The fourth-order valence-corrected chi connectivity index (χ4v) is 5.00. The summed E-state index contributed by atoms with van der Waals surface area (Å²) >= 11 is 0. The Bertz CT molecular complexity index is 1020. The van der Waals surface area contributed by atoms with Crippen LogP contribution in [0.1, 0.15) is 31.8 Å². The van der Waals surface area contributed by atoms with Crippen LogP contribution in [-0.2, 0) is 9.47 Å². The zero-order valence-corrected chi connectivity index (χ0v) is 19.9. The molecule has 3 saturated heterocycles. The molecular formula is C23H32F2N8O2. The van der Waals surface area contributed by atoms with Crippen LogP contribution in [0.2, 0.25) is 0 Å². The summed E-state index contributed by atoms with van der Waals surface area (Å²) in [6.07, 6.45) is 0.560. The number of rotatable bonds is 5. The molecule has 0 bridgehead atoms. The van der Waals surface area contributed by atoms with Gasteiger partial charge >= 0.3 is 0 Å². The molecule has 35 heavy (non-hydrogen) atoms. The van der Waals surface area contributed by atoms with Gasteiger partial charge in [0.25, 0.3) is 6.43 Å². The molecular weight excluding hydrogens is 458 g/mol. The van der Waals surface area contributed by atoms with Crippen LogP contribution in [0.25, 0.3) is 11.4 Å². The number of nitrogen functional groups attached to an aromatic ring is 1. The van der Waals surface area contributed by atoms with Crippen molar-refractivity contribution < 1.29 is 18.3 Å². The number of anilines is 3. The number of halogens is 2. The highest BCUT2D eigenvalue weighted by Gasteiger charge is 2.30. The Morgan fingerprint density at radius 2 is 1.69 bits per heavy atom. The molecule has 0 unspecified atom stereocenters. The zero-order chi connectivity index (χ0) is 24.4. The summed E-state index contributed by atoms with van der Waals surface area (Å²) in [4.78, 5) is 24.8. The summed E-state index contributed by atoms with van der Waals surface area (Å²) < 4.78 is 38.8. The lowest BCUT2D eigenvalue weighted by Crippen LogP contribution is -2.49. The monoisotopic (exact) mass is 490 g/mol. The van der Waals surface area contributed by atoms with Crippen molar-refractivity contribution >= 4 is 17.7 Å². The predicted molar refractivity (Wildman–Crippen MR) is 128 cm³/mol. The average molecular weight is 491 g/mol. The number of nitrogens with two attached hydrogens (primary N) is 1. The van der Waals surface area contributed by atoms with Crippen LogP contribution in [0.3, 0.4) is 0 Å². The highest BCUT2D eigenvalue weighted by molar-refractivity contribution is 5.64. The van der Waals surface area contributed by atoms with E-state index in [1.165, 1.54) is 12.3 Å². The first-order valence-electron chi connectivity index (χ1n) is 12.2. The summed E-state index contributed by atoms with van der Waals surface area (Å²) in [6.45, 7) is 8.79. The van der Waals surface area contributed by atoms with Crippen molar-refractivity contribution in [1.29, 1.82) is 0 Å². The van der Waals surface area contributed by atoms with Crippen LogP contribution >= 0.6 is 0 Å². The first kappa shape index (κ1) is 24.0. The molecule has 3 fully saturated rings. The van der Waals surface area contributed by atoms with Crippen LogP contribution in [0.15, 0.2) is 12.3 Å². The molecule has 2 N–H and O–H groups in total. The smallest absolute Gasteiger partial charge is 0.264 e. The van der Waals surface area contributed by atoms with E-state index in [2.05, 4.69) is 24.8 Å². The second-order valence-corrected chi connectivity index (χ2v) is 9.24. The summed E-state index contributed by atoms with van der Waals surface area (Å²) in [5, 5.41) is 0. The predicted octanol–water partition coefficient (Wildman–Crippen LogP) is 1.98. The summed E-state index contributed by atoms with van der Waals surface area (Å²) in [5.74, 6) is 1.18. The van der Waals surface area contributed by atoms with Crippen LogP contribution in [0, 0.1) is 0 Å². The average Bonchev–Trinajstić information content (AvgIpc) is 2.89. The lowest BCUT2D eigenvalue weighted by Gasteiger charge is -2.40. The molecule has 1 atom stereocenters. The fraction of sp³-hybridized carbons (Fsp3) is 0.652. The third kappa shape index (κ3) is 5.29. The van der Waals surface area contributed by atoms with E-state index in [9.17, 15) is 8.78 Å². The molecule has 0 aromatic carbocycles. The van der Waals surface area contributed by atoms with Crippen molar-refractivity contribution in [1.82, 2.24) is 24.8 Å². The molecule has 0 aliphatic carbocycles. The molecule has 5 rings (SSSR count). The van der Waals surface area contributed by atoms with Gasteiger partial charge in [-0.2, -0.15) is 15.0 Å². The van der Waals surface area contributed by atoms with Gasteiger partial charge in [0.2, 0.25) is 11.9 Å². The Hall–Kier alpha value is -2.70. The molecule has 3 aliphatic rings. The summed E-state index contributed by atoms with van der Waals surface area (Å²) in [7, 11) is 0. The third-order valence-electron chi connectivity index (χ3n) is 6.98. The Kier molecular flexibility index (Phi) is 7.21. The highest BCUT2D eigenvalue weighted by atomic mass is 19.3. The second-order valence-electron chi connectivity index (χ2n) is 9.24. The molecule has 0 saturated carbocycles. The standard InChI is InChI=1S/C23H32F2N8O2/c1-15-14-35-11-8-33(15)23-29-21(18-13-27-19(26)12-17(18)20(24)25)28-22(30-23)32-4-2-16(3-5-32)31-6-9-34-10-7-31/h12-13,15-16,20H,2-11,14H2,1H3,(H2,26,27)/t15-/m1/s1. The number of ether oxygens (including phenoxy) is 2. The van der Waals surface area contributed by atoms with E-state index in [0.29, 0.717) is 37.7 Å². The molecule has 12 heteroatoms. The molecule has 0 spiro atoms. The largest absolute Gasteiger partial charge is 0.384 e. The van der Waals surface area contributed by atoms with Crippen LogP contribution in [-0.4, -0.2) is 96.1 Å². The number of nitrogens with zero attached hydrogens (tertiary/aromatic N) is 7. The second kappa shape index (κ2) is 10.5. The Morgan fingerprint density at radius 1 is 0.971 bits per heavy atom. The van der Waals surface area contributed by atoms with Gasteiger partial charge < -0.3 is 25.0 Å². The number of aromatic nitrogens is 4. The van der Waals surface area contributed by atoms with Gasteiger partial charge in [0.1, 0.15) is 5.82 Å². The van der Waals surface area contributed by atoms with Crippen LogP contribution in [0.5, 0.6) is 0 Å². The minimum Gasteiger partial charge on any atom is -0.384 e. The minimum atomic E-state index is -2.73. The Morgan fingerprint density at radius 3 is 2.40 bits per heavy atom. The van der Waals surface area contributed by atoms with Gasteiger partial charge in [0.05, 0.1) is 32.5 Å². The topological polar surface area (TPSA) is 106 Å². The van der Waals surface area contributed by atoms with Crippen LogP contribution < -0.4 is 15.5 Å². The number of hydrogen-bond donors (Lipinski definition) is 1. The number of hydrogen-bond acceptors (Lipinski definition) is 10. The molecule has 5 heterocycles. The van der Waals surface area contributed by atoms with Crippen molar-refractivity contribution in [3.05, 3.63) is 17.8 Å². The number of pyridine rings is 1. The molecule has 2 aromatic heterocycles. The maximum atomic E-state index is 13.9. The van der Waals surface area contributed by atoms with Gasteiger partial charge in [-0.3, -0.25) is 4.90 Å². The number of piperidine rings is 1. The third-order valence-corrected chi connectivity index (χ3v) is 6.98. The van der Waals surface area contributed by atoms with Crippen molar-refractivity contribution in [2.75, 3.05) is 74.7 Å². The number of morpholine rings is 2. The fourth-order valence-electron chi connectivity index (χ4n) is 5.00. The molecule has 2 aromatic rings. The van der Waals surface area contributed by atoms with Gasteiger partial charge in [0, 0.05) is 56.1 Å². The SMILES string of the molecule is C[C@@H]1COCCN1c1nc(-c2cnc(N)cc2C(F)F)nc(N2CCC(N3CCOCC3)CC2)n1. The first-order valence-corrected chi connectivity index (χ1v) is 12.2. The van der Waals surface area contributed by atoms with E-state index in [-0.39, 0.29) is 28.8 Å². The van der Waals surface area contributed by atoms with Gasteiger partial charge in [0.15, 0.2) is 5.82 Å². The van der Waals surface area contributed by atoms with Crippen molar-refractivity contribution in [3.63, 3.8) is 0 Å². The number of alkyl halides is 2. The molecule has 3 aliphatic heterocycles. The van der Waals surface area contributed by atoms with Crippen molar-refractivity contribution in [2.45, 2.75) is 38.3 Å². The van der Waals surface area contributed by atoms with E-state index in [1.807, 2.05) is 11.8 Å². The Labute approximate surface area is 203 Å². The normalized spacial score (nSPS) is 22.7. The maximum absolute atomic E-state index is 13.9. The first-order chi connectivity index (χ1) is 17.0. The quantitative estimate of drug-likeness (QED) is 0.669. The van der Waals surface area contributed by atoms with E-state index in [0.717, 1.165) is 52.2 Å². The molecule has 0 radical (unpaired) electrons. The molecule has 0 amide bonds. The lowest BCUT2D eigenvalue weighted by atomic mass is 10.0. The van der Waals surface area contributed by atoms with Gasteiger partial charge in [-0.1, -0.05) is 0 Å². The van der Waals surface area contributed by atoms with Crippen molar-refractivity contribution in [3.8, 4) is 11.4 Å². The van der Waals surface area contributed by atoms with E-state index in [4.69, 9.17) is 20.2 Å². The van der Waals surface area contributed by atoms with Crippen LogP contribution in [0.4, 0.5) is 26.5 Å². The molecule has 190 valence electrons. The summed E-state index contributed by atoms with van der Waals surface area (Å²) in [5.41, 5.74) is 5.62. The van der Waals surface area contributed by atoms with Gasteiger partial charge in [-0.05, 0) is 25.8 Å². The lowest BCUT2D eigenvalue weighted by molar-refractivity contribution is 0.0114. The van der Waals surface area contributed by atoms with Gasteiger partial charge in [-0.15, -0.1) is 0 Å². The van der Waals surface area contributed by atoms with E-state index >= 15 is 0 Å². The minimum absolute atomic E-state index is 0.0329. The Balaban J connectivity index is 1.46. The van der Waals surface area contributed by atoms with Gasteiger partial charge in [-0.25, -0.2) is 13.8 Å². The maximum Gasteiger partial charge on any atom is 0.264 e. The summed E-state index contributed by atoms with van der Waals surface area (Å²) in [6, 6.07) is 1.74. The van der Waals surface area contributed by atoms with E-state index < -0.39 is 6.43 Å². The molecule has 10 nitrogen and oxygen atoms in total.